The first-order chi connectivity index (χ1) is 20.9. The highest BCUT2D eigenvalue weighted by atomic mass is 16.5. The monoisotopic (exact) mass is 589 g/mol. The van der Waals surface area contributed by atoms with Crippen molar-refractivity contribution in [3.8, 4) is 5.75 Å². The van der Waals surface area contributed by atoms with Crippen LogP contribution in [0.5, 0.6) is 5.75 Å². The third-order valence-corrected chi connectivity index (χ3v) is 8.44. The third kappa shape index (κ3) is 12.8. The van der Waals surface area contributed by atoms with Crippen molar-refractivity contribution in [2.45, 2.75) is 72.4 Å². The molecule has 6 nitrogen and oxygen atoms in total. The quantitative estimate of drug-likeness (QED) is 0.154. The van der Waals surface area contributed by atoms with Crippen LogP contribution in [0.1, 0.15) is 51.3 Å². The second-order valence-electron chi connectivity index (χ2n) is 11.7. The van der Waals surface area contributed by atoms with E-state index in [9.17, 15) is 5.11 Å². The van der Waals surface area contributed by atoms with Crippen LogP contribution in [0.3, 0.4) is 0 Å². The Hall–Kier alpha value is -2.74. The summed E-state index contributed by atoms with van der Waals surface area (Å²) in [5.74, 6) is 0.317. The van der Waals surface area contributed by atoms with E-state index in [0.717, 1.165) is 58.9 Å². The van der Waals surface area contributed by atoms with Crippen molar-refractivity contribution in [2.75, 3.05) is 52.5 Å². The zero-order chi connectivity index (χ0) is 30.9. The van der Waals surface area contributed by atoms with Crippen LogP contribution in [0.25, 0.3) is 0 Å². The molecule has 43 heavy (non-hydrogen) atoms. The lowest BCUT2D eigenvalue weighted by Crippen LogP contribution is -2.48. The summed E-state index contributed by atoms with van der Waals surface area (Å²) in [7, 11) is 0. The standard InChI is InChI=1S/C37H55N3O3/c1-6-38(32(4)27-42-29-35-14-10-8-11-15-35)22-24-40(31(3)26-34-18-20-37(41)21-19-34)25-23-39(7-2)33(5)28-43-30-36-16-12-9-13-17-36/h8-21,31-33,41H,6-7,22-30H2,1-5H3/t31-,32+,33+/m1/s1. The molecule has 0 aromatic heterocycles. The van der Waals surface area contributed by atoms with Gasteiger partial charge in [0.15, 0.2) is 0 Å². The van der Waals surface area contributed by atoms with Crippen LogP contribution in [-0.2, 0) is 29.1 Å². The van der Waals surface area contributed by atoms with Crippen molar-refractivity contribution in [1.29, 1.82) is 0 Å². The maximum Gasteiger partial charge on any atom is 0.115 e. The molecule has 0 spiro atoms. The van der Waals surface area contributed by atoms with Gasteiger partial charge < -0.3 is 14.6 Å². The largest absolute Gasteiger partial charge is 0.508 e. The maximum atomic E-state index is 9.76. The fourth-order valence-corrected chi connectivity index (χ4v) is 5.60. The van der Waals surface area contributed by atoms with Gasteiger partial charge in [-0.3, -0.25) is 14.7 Å². The summed E-state index contributed by atoms with van der Waals surface area (Å²) < 4.78 is 12.2. The minimum absolute atomic E-state index is 0.317. The smallest absolute Gasteiger partial charge is 0.115 e. The molecule has 0 unspecified atom stereocenters. The molecule has 6 heteroatoms. The van der Waals surface area contributed by atoms with Gasteiger partial charge in [-0.1, -0.05) is 86.6 Å². The van der Waals surface area contributed by atoms with Gasteiger partial charge in [-0.15, -0.1) is 0 Å². The summed E-state index contributed by atoms with van der Waals surface area (Å²) in [5.41, 5.74) is 3.68. The van der Waals surface area contributed by atoms with Gasteiger partial charge in [0, 0.05) is 44.3 Å². The highest BCUT2D eigenvalue weighted by molar-refractivity contribution is 5.26. The summed E-state index contributed by atoms with van der Waals surface area (Å²) in [4.78, 5) is 7.69. The third-order valence-electron chi connectivity index (χ3n) is 8.44. The second kappa shape index (κ2) is 19.5. The molecule has 1 N–H and O–H groups in total. The van der Waals surface area contributed by atoms with Gasteiger partial charge >= 0.3 is 0 Å². The van der Waals surface area contributed by atoms with Crippen molar-refractivity contribution < 1.29 is 14.6 Å². The summed E-state index contributed by atoms with van der Waals surface area (Å²) in [5, 5.41) is 9.76. The van der Waals surface area contributed by atoms with Gasteiger partial charge in [-0.2, -0.15) is 0 Å². The van der Waals surface area contributed by atoms with E-state index in [0.29, 0.717) is 37.1 Å². The van der Waals surface area contributed by atoms with Crippen LogP contribution in [0.2, 0.25) is 0 Å². The normalized spacial score (nSPS) is 14.0. The minimum Gasteiger partial charge on any atom is -0.508 e. The number of likely N-dealkylation sites (N-methyl/N-ethyl adjacent to an activating group) is 2. The summed E-state index contributed by atoms with van der Waals surface area (Å²) in [6.07, 6.45) is 0.948. The molecule has 3 rings (SSSR count). The first-order valence-electron chi connectivity index (χ1n) is 16.1. The predicted molar refractivity (Wildman–Crippen MR) is 178 cm³/mol. The molecule has 0 aliphatic rings. The van der Waals surface area contributed by atoms with E-state index in [-0.39, 0.29) is 0 Å². The first kappa shape index (κ1) is 34.7. The SMILES string of the molecule is CCN(CCN(CCN(CC)[C@@H](C)COCc1ccccc1)[C@H](C)Cc1ccc(O)cc1)[C@@H](C)COCc1ccccc1. The number of ether oxygens (including phenoxy) is 2. The van der Waals surface area contributed by atoms with Crippen molar-refractivity contribution in [3.05, 3.63) is 102 Å². The molecule has 0 radical (unpaired) electrons. The molecule has 3 aromatic rings. The highest BCUT2D eigenvalue weighted by Crippen LogP contribution is 2.15. The second-order valence-corrected chi connectivity index (χ2v) is 11.7. The number of hydrogen-bond acceptors (Lipinski definition) is 6. The fourth-order valence-electron chi connectivity index (χ4n) is 5.60. The van der Waals surface area contributed by atoms with E-state index in [1.54, 1.807) is 12.1 Å². The van der Waals surface area contributed by atoms with E-state index >= 15 is 0 Å². The number of phenols is 1. The number of phenolic OH excluding ortho intramolecular Hbond substituents is 1. The lowest BCUT2D eigenvalue weighted by atomic mass is 10.1. The molecular weight excluding hydrogens is 534 g/mol. The number of nitrogens with zero attached hydrogens (tertiary/aromatic N) is 3. The molecule has 3 aromatic carbocycles. The Bertz CT molecular complexity index is 1050. The topological polar surface area (TPSA) is 48.4 Å². The predicted octanol–water partition coefficient (Wildman–Crippen LogP) is 6.48. The first-order valence-corrected chi connectivity index (χ1v) is 16.1. The van der Waals surface area contributed by atoms with Crippen molar-refractivity contribution >= 4 is 0 Å². The van der Waals surface area contributed by atoms with E-state index in [4.69, 9.17) is 9.47 Å². The van der Waals surface area contributed by atoms with Gasteiger partial charge in [-0.05, 0) is 69.1 Å². The zero-order valence-corrected chi connectivity index (χ0v) is 27.2. The molecular formula is C37H55N3O3. The van der Waals surface area contributed by atoms with Crippen LogP contribution in [0.15, 0.2) is 84.9 Å². The Morgan fingerprint density at radius 3 is 1.37 bits per heavy atom. The minimum atomic E-state index is 0.317. The molecule has 0 amide bonds. The Kier molecular flexibility index (Phi) is 15.8. The van der Waals surface area contributed by atoms with E-state index < -0.39 is 0 Å². The molecule has 3 atom stereocenters. The van der Waals surface area contributed by atoms with Crippen LogP contribution in [0, 0.1) is 0 Å². The lowest BCUT2D eigenvalue weighted by molar-refractivity contribution is 0.0433. The van der Waals surface area contributed by atoms with Crippen LogP contribution in [-0.4, -0.2) is 90.4 Å². The molecule has 0 saturated heterocycles. The van der Waals surface area contributed by atoms with Crippen LogP contribution < -0.4 is 0 Å². The number of benzene rings is 3. The van der Waals surface area contributed by atoms with Gasteiger partial charge in [-0.25, -0.2) is 0 Å². The van der Waals surface area contributed by atoms with Gasteiger partial charge in [0.2, 0.25) is 0 Å². The van der Waals surface area contributed by atoms with Gasteiger partial charge in [0.25, 0.3) is 0 Å². The van der Waals surface area contributed by atoms with Crippen molar-refractivity contribution in [1.82, 2.24) is 14.7 Å². The van der Waals surface area contributed by atoms with Gasteiger partial charge in [0.1, 0.15) is 5.75 Å². The van der Waals surface area contributed by atoms with Crippen LogP contribution in [0.4, 0.5) is 0 Å². The van der Waals surface area contributed by atoms with E-state index in [2.05, 4.69) is 97.8 Å². The molecule has 0 bridgehead atoms. The number of hydrogen-bond donors (Lipinski definition) is 1. The maximum absolute atomic E-state index is 9.76. The molecule has 0 aliphatic heterocycles. The van der Waals surface area contributed by atoms with E-state index in [1.165, 1.54) is 16.7 Å². The Morgan fingerprint density at radius 2 is 0.953 bits per heavy atom. The fraction of sp³-hybridized carbons (Fsp3) is 0.514. The lowest BCUT2D eigenvalue weighted by Gasteiger charge is -2.36. The zero-order valence-electron chi connectivity index (χ0n) is 27.2. The summed E-state index contributed by atoms with van der Waals surface area (Å²) in [6, 6.07) is 29.5. The summed E-state index contributed by atoms with van der Waals surface area (Å²) >= 11 is 0. The number of aromatic hydroxyl groups is 1. The van der Waals surface area contributed by atoms with Gasteiger partial charge in [0.05, 0.1) is 26.4 Å². The summed E-state index contributed by atoms with van der Waals surface area (Å²) in [6.45, 7) is 20.1. The highest BCUT2D eigenvalue weighted by Gasteiger charge is 2.20. The molecule has 0 aliphatic carbocycles. The average Bonchev–Trinajstić information content (AvgIpc) is 3.02. The van der Waals surface area contributed by atoms with Crippen LogP contribution >= 0.6 is 0 Å². The van der Waals surface area contributed by atoms with E-state index in [1.807, 2.05) is 24.3 Å². The average molecular weight is 590 g/mol. The molecule has 0 heterocycles. The number of rotatable bonds is 21. The van der Waals surface area contributed by atoms with Crippen molar-refractivity contribution in [2.24, 2.45) is 0 Å². The molecule has 236 valence electrons. The Labute approximate surface area is 261 Å². The molecule has 0 saturated carbocycles. The van der Waals surface area contributed by atoms with Crippen molar-refractivity contribution in [3.63, 3.8) is 0 Å². The molecule has 0 fully saturated rings. The Morgan fingerprint density at radius 1 is 0.535 bits per heavy atom. The Balaban J connectivity index is 1.55.